The molecule has 1 N–H and O–H groups in total. The highest BCUT2D eigenvalue weighted by atomic mass is 16.6. The van der Waals surface area contributed by atoms with Crippen molar-refractivity contribution >= 4 is 17.8 Å². The van der Waals surface area contributed by atoms with Gasteiger partial charge in [-0.15, -0.1) is 0 Å². The van der Waals surface area contributed by atoms with E-state index in [2.05, 4.69) is 5.43 Å². The Kier molecular flexibility index (Phi) is 6.78. The van der Waals surface area contributed by atoms with E-state index in [-0.39, 0.29) is 17.9 Å². The number of amides is 2. The van der Waals surface area contributed by atoms with Crippen molar-refractivity contribution < 1.29 is 28.6 Å². The molecule has 0 aromatic heterocycles. The highest BCUT2D eigenvalue weighted by molar-refractivity contribution is 6.11. The van der Waals surface area contributed by atoms with Crippen LogP contribution in [0.2, 0.25) is 0 Å². The number of carbonyl (C=O) groups excluding carboxylic acids is 3. The minimum Gasteiger partial charge on any atom is -0.485 e. The van der Waals surface area contributed by atoms with Gasteiger partial charge >= 0.3 is 5.97 Å². The largest absolute Gasteiger partial charge is 0.485 e. The van der Waals surface area contributed by atoms with E-state index >= 15 is 0 Å². The number of esters is 1. The van der Waals surface area contributed by atoms with Crippen LogP contribution in [0.25, 0.3) is 0 Å². The maximum Gasteiger partial charge on any atom is 0.350 e. The summed E-state index contributed by atoms with van der Waals surface area (Å²) in [5.74, 6) is -0.892. The van der Waals surface area contributed by atoms with Crippen molar-refractivity contribution in [3.8, 4) is 11.5 Å². The van der Waals surface area contributed by atoms with Crippen LogP contribution >= 0.6 is 0 Å². The number of methoxy groups -OCH3 is 1. The summed E-state index contributed by atoms with van der Waals surface area (Å²) in [6.07, 6.45) is -0.938. The molecule has 1 unspecified atom stereocenters. The average Bonchev–Trinajstić information content (AvgIpc) is 2.75. The topological polar surface area (TPSA) is 94.2 Å². The van der Waals surface area contributed by atoms with Crippen LogP contribution in [0.5, 0.6) is 11.5 Å². The Morgan fingerprint density at radius 3 is 2.24 bits per heavy atom. The number of rotatable bonds is 4. The van der Waals surface area contributed by atoms with Crippen molar-refractivity contribution in [2.24, 2.45) is 0 Å². The number of hydrogen-bond acceptors (Lipinski definition) is 7. The Morgan fingerprint density at radius 2 is 1.67 bits per heavy atom. The molecule has 2 aromatic carbocycles. The van der Waals surface area contributed by atoms with Gasteiger partial charge in [-0.3, -0.25) is 9.59 Å². The summed E-state index contributed by atoms with van der Waals surface area (Å²) in [5, 5.41) is 1.03. The lowest BCUT2D eigenvalue weighted by Crippen LogP contribution is -2.55. The minimum atomic E-state index is -0.938. The first kappa shape index (κ1) is 24.3. The first-order chi connectivity index (χ1) is 15.4. The van der Waals surface area contributed by atoms with Gasteiger partial charge in [-0.2, -0.15) is 0 Å². The lowest BCUT2D eigenvalue weighted by Gasteiger charge is -2.31. The molecule has 33 heavy (non-hydrogen) atoms. The molecule has 0 saturated heterocycles. The Bertz CT molecular complexity index is 1080. The van der Waals surface area contributed by atoms with Gasteiger partial charge in [0.2, 0.25) is 6.10 Å². The third kappa shape index (κ3) is 5.34. The molecule has 0 radical (unpaired) electrons. The minimum absolute atomic E-state index is 0.00923. The van der Waals surface area contributed by atoms with Crippen LogP contribution in [0.3, 0.4) is 0 Å². The summed E-state index contributed by atoms with van der Waals surface area (Å²) >= 11 is 0. The molecule has 1 heterocycles. The van der Waals surface area contributed by atoms with Gasteiger partial charge in [-0.1, -0.05) is 17.2 Å². The van der Waals surface area contributed by atoms with Crippen LogP contribution in [0.4, 0.5) is 0 Å². The standard InChI is InChI=1S/C25H30N2O6/c1-14-10-15(2)12-17(11-14)22(28)27(26-25(4,5)6)23(29)18-8-9-19-21(16(18)3)33-20(13-32-19)24(30)31-7/h8-12,20,26H,13H2,1-7H3. The van der Waals surface area contributed by atoms with Gasteiger partial charge in [0.15, 0.2) is 11.5 Å². The van der Waals surface area contributed by atoms with Crippen LogP contribution in [-0.4, -0.2) is 48.2 Å². The molecular weight excluding hydrogens is 424 g/mol. The SMILES string of the molecule is COC(=O)C1COc2ccc(C(=O)N(NC(C)(C)C)C(=O)c3cc(C)cc(C)c3)c(C)c2O1. The van der Waals surface area contributed by atoms with E-state index in [9.17, 15) is 14.4 Å². The number of nitrogens with one attached hydrogen (secondary N) is 1. The molecule has 176 valence electrons. The highest BCUT2D eigenvalue weighted by Gasteiger charge is 2.34. The van der Waals surface area contributed by atoms with Crippen molar-refractivity contribution in [1.29, 1.82) is 0 Å². The number of fused-ring (bicyclic) bond motifs is 1. The lowest BCUT2D eigenvalue weighted by atomic mass is 10.0. The summed E-state index contributed by atoms with van der Waals surface area (Å²) in [6, 6.07) is 8.64. The Morgan fingerprint density at radius 1 is 1.03 bits per heavy atom. The van der Waals surface area contributed by atoms with Crippen molar-refractivity contribution in [1.82, 2.24) is 10.4 Å². The van der Waals surface area contributed by atoms with Crippen molar-refractivity contribution in [3.63, 3.8) is 0 Å². The third-order valence-corrected chi connectivity index (χ3v) is 5.04. The zero-order valence-electron chi connectivity index (χ0n) is 20.1. The Balaban J connectivity index is 2.02. The summed E-state index contributed by atoms with van der Waals surface area (Å²) in [6.45, 7) is 11.1. The van der Waals surface area contributed by atoms with Gasteiger partial charge in [0, 0.05) is 22.2 Å². The molecule has 2 aromatic rings. The van der Waals surface area contributed by atoms with E-state index in [4.69, 9.17) is 14.2 Å². The molecule has 1 aliphatic rings. The van der Waals surface area contributed by atoms with Gasteiger partial charge < -0.3 is 14.2 Å². The Hall–Kier alpha value is -3.39. The highest BCUT2D eigenvalue weighted by Crippen LogP contribution is 2.37. The van der Waals surface area contributed by atoms with E-state index in [0.717, 1.165) is 16.1 Å². The number of nitrogens with zero attached hydrogens (tertiary/aromatic N) is 1. The van der Waals surface area contributed by atoms with Gasteiger partial charge in [0.25, 0.3) is 11.8 Å². The first-order valence-corrected chi connectivity index (χ1v) is 10.7. The molecule has 8 heteroatoms. The number of hydrogen-bond donors (Lipinski definition) is 1. The third-order valence-electron chi connectivity index (χ3n) is 5.04. The van der Waals surface area contributed by atoms with Gasteiger partial charge in [-0.25, -0.2) is 15.2 Å². The van der Waals surface area contributed by atoms with E-state index < -0.39 is 29.4 Å². The van der Waals surface area contributed by atoms with Crippen LogP contribution in [-0.2, 0) is 9.53 Å². The van der Waals surface area contributed by atoms with E-state index in [0.29, 0.717) is 16.9 Å². The fourth-order valence-electron chi connectivity index (χ4n) is 3.62. The second-order valence-corrected chi connectivity index (χ2v) is 9.19. The summed E-state index contributed by atoms with van der Waals surface area (Å²) in [5.41, 5.74) is 5.41. The van der Waals surface area contributed by atoms with Gasteiger partial charge in [0.05, 0.1) is 7.11 Å². The van der Waals surface area contributed by atoms with E-state index in [1.807, 2.05) is 40.7 Å². The van der Waals surface area contributed by atoms with Crippen molar-refractivity contribution in [3.05, 3.63) is 58.1 Å². The maximum atomic E-state index is 13.6. The van der Waals surface area contributed by atoms with Crippen LogP contribution in [0.15, 0.2) is 30.3 Å². The molecule has 0 aliphatic carbocycles. The van der Waals surface area contributed by atoms with Gasteiger partial charge in [-0.05, 0) is 65.8 Å². The monoisotopic (exact) mass is 454 g/mol. The van der Waals surface area contributed by atoms with E-state index in [1.165, 1.54) is 7.11 Å². The first-order valence-electron chi connectivity index (χ1n) is 10.7. The predicted octanol–water partition coefficient (Wildman–Crippen LogP) is 3.51. The Labute approximate surface area is 193 Å². The number of carbonyl (C=O) groups is 3. The zero-order valence-corrected chi connectivity index (χ0v) is 20.1. The smallest absolute Gasteiger partial charge is 0.350 e. The molecule has 0 bridgehead atoms. The predicted molar refractivity (Wildman–Crippen MR) is 122 cm³/mol. The fraction of sp³-hybridized carbons (Fsp3) is 0.400. The van der Waals surface area contributed by atoms with Crippen LogP contribution in [0.1, 0.15) is 58.2 Å². The summed E-state index contributed by atoms with van der Waals surface area (Å²) in [7, 11) is 1.27. The van der Waals surface area contributed by atoms with Crippen LogP contribution < -0.4 is 14.9 Å². The molecule has 0 saturated carbocycles. The number of benzene rings is 2. The molecule has 1 aliphatic heterocycles. The maximum absolute atomic E-state index is 13.6. The zero-order chi connectivity index (χ0) is 24.5. The molecule has 2 amide bonds. The van der Waals surface area contributed by atoms with Gasteiger partial charge in [0.1, 0.15) is 6.61 Å². The molecule has 1 atom stereocenters. The quantitative estimate of drug-likeness (QED) is 0.429. The molecule has 8 nitrogen and oxygen atoms in total. The van der Waals surface area contributed by atoms with Crippen LogP contribution in [0, 0.1) is 20.8 Å². The fourth-order valence-corrected chi connectivity index (χ4v) is 3.62. The second-order valence-electron chi connectivity index (χ2n) is 9.19. The number of ether oxygens (including phenoxy) is 3. The molecule has 0 fully saturated rings. The van der Waals surface area contributed by atoms with Crippen molar-refractivity contribution in [2.75, 3.05) is 13.7 Å². The number of hydrazine groups is 1. The lowest BCUT2D eigenvalue weighted by molar-refractivity contribution is -0.151. The van der Waals surface area contributed by atoms with Crippen molar-refractivity contribution in [2.45, 2.75) is 53.2 Å². The number of imide groups is 1. The average molecular weight is 455 g/mol. The van der Waals surface area contributed by atoms with E-state index in [1.54, 1.807) is 31.2 Å². The number of aryl methyl sites for hydroxylation is 2. The second kappa shape index (κ2) is 9.23. The summed E-state index contributed by atoms with van der Waals surface area (Å²) < 4.78 is 16.2. The normalized spacial score (nSPS) is 15.1. The molecular formula is C25H30N2O6. The summed E-state index contributed by atoms with van der Waals surface area (Å²) in [4.78, 5) is 39.0. The molecule has 3 rings (SSSR count). The molecule has 0 spiro atoms.